The number of aromatic nitrogens is 2. The molecular formula is C21H19F5N4O3. The summed E-state index contributed by atoms with van der Waals surface area (Å²) in [5.74, 6) is -2.04. The molecule has 0 unspecified atom stereocenters. The van der Waals surface area contributed by atoms with E-state index in [1.807, 2.05) is 0 Å². The molecule has 2 N–H and O–H groups in total. The molecule has 7 nitrogen and oxygen atoms in total. The average molecular weight is 470 g/mol. The Labute approximate surface area is 184 Å². The number of halogens is 5. The van der Waals surface area contributed by atoms with Gasteiger partial charge in [-0.2, -0.15) is 13.2 Å². The first-order valence-electron chi connectivity index (χ1n) is 10.0. The molecule has 0 amide bonds. The molecule has 0 saturated carbocycles. The van der Waals surface area contributed by atoms with Crippen molar-refractivity contribution in [1.29, 1.82) is 0 Å². The summed E-state index contributed by atoms with van der Waals surface area (Å²) >= 11 is 0. The molecule has 0 aliphatic carbocycles. The number of ether oxygens (including phenoxy) is 2. The molecule has 1 fully saturated rings. The third-order valence-electron chi connectivity index (χ3n) is 5.78. The number of alkyl halides is 4. The van der Waals surface area contributed by atoms with Crippen LogP contribution >= 0.6 is 0 Å². The molecule has 2 aromatic rings. The second-order valence-corrected chi connectivity index (χ2v) is 7.83. The second-order valence-electron chi connectivity index (χ2n) is 7.83. The van der Waals surface area contributed by atoms with Crippen LogP contribution in [0.4, 0.5) is 22.0 Å². The maximum Gasteiger partial charge on any atom is 0.434 e. The summed E-state index contributed by atoms with van der Waals surface area (Å²) in [6, 6.07) is 3.43. The number of hydrogen-bond acceptors (Lipinski definition) is 7. The number of Topliss-reactive ketones (excluding diaryl/α,β-unsaturated/α-hetero) is 1. The topological polar surface area (TPSA) is 99.7 Å². The molecule has 1 saturated heterocycles. The number of ketones is 1. The third-order valence-corrected chi connectivity index (χ3v) is 5.78. The van der Waals surface area contributed by atoms with E-state index in [4.69, 9.17) is 15.2 Å². The van der Waals surface area contributed by atoms with Gasteiger partial charge in [-0.05, 0) is 17.7 Å². The summed E-state index contributed by atoms with van der Waals surface area (Å²) < 4.78 is 78.3. The van der Waals surface area contributed by atoms with Gasteiger partial charge < -0.3 is 15.2 Å². The van der Waals surface area contributed by atoms with E-state index in [1.165, 1.54) is 12.1 Å². The van der Waals surface area contributed by atoms with Crippen molar-refractivity contribution in [2.75, 3.05) is 19.9 Å². The maximum absolute atomic E-state index is 14.9. The van der Waals surface area contributed by atoms with Crippen molar-refractivity contribution in [2.45, 2.75) is 30.7 Å². The first-order chi connectivity index (χ1) is 15.6. The van der Waals surface area contributed by atoms with Crippen LogP contribution in [0.15, 0.2) is 35.6 Å². The number of amidine groups is 1. The Hall–Kier alpha value is -3.15. The van der Waals surface area contributed by atoms with Crippen LogP contribution < -0.4 is 5.73 Å². The third kappa shape index (κ3) is 4.39. The molecule has 2 aliphatic rings. The molecule has 2 aliphatic heterocycles. The fourth-order valence-electron chi connectivity index (χ4n) is 4.14. The standard InChI is InChI=1S/C21H19F5N4O3/c22-10-20(13-9-32-4-3-17(13)33-19(27)30-20)12-5-11(1-2-14(12)23)6-16(31)15-7-29-18(8-28-15)21(24,25)26/h1-2,5,7-8,13,17H,3-4,6,9-10H2,(H2,27,30)/t13-,17+,20+/m0/s1. The van der Waals surface area contributed by atoms with E-state index in [0.29, 0.717) is 24.8 Å². The highest BCUT2D eigenvalue weighted by Crippen LogP contribution is 2.44. The number of aliphatic imine (C=N–C) groups is 1. The molecule has 1 aromatic heterocycles. The molecular weight excluding hydrogens is 451 g/mol. The number of hydrogen-bond donors (Lipinski definition) is 1. The molecule has 3 heterocycles. The number of nitrogens with two attached hydrogens (primary N) is 1. The van der Waals surface area contributed by atoms with Gasteiger partial charge in [0, 0.05) is 18.4 Å². The Kier molecular flexibility index (Phi) is 6.04. The highest BCUT2D eigenvalue weighted by Gasteiger charge is 2.52. The minimum absolute atomic E-state index is 0.0785. The smallest absolute Gasteiger partial charge is 0.434 e. The highest BCUT2D eigenvalue weighted by molar-refractivity contribution is 5.95. The maximum atomic E-state index is 14.9. The summed E-state index contributed by atoms with van der Waals surface area (Å²) in [7, 11) is 0. The lowest BCUT2D eigenvalue weighted by atomic mass is 9.74. The van der Waals surface area contributed by atoms with E-state index >= 15 is 0 Å². The van der Waals surface area contributed by atoms with E-state index < -0.39 is 47.7 Å². The molecule has 1 aromatic carbocycles. The average Bonchev–Trinajstić information content (AvgIpc) is 2.79. The Bertz CT molecular complexity index is 1080. The zero-order chi connectivity index (χ0) is 23.8. The largest absolute Gasteiger partial charge is 0.462 e. The quantitative estimate of drug-likeness (QED) is 0.533. The van der Waals surface area contributed by atoms with Gasteiger partial charge in [0.25, 0.3) is 6.02 Å². The molecule has 3 atom stereocenters. The number of carbonyl (C=O) groups is 1. The molecule has 4 rings (SSSR count). The lowest BCUT2D eigenvalue weighted by Crippen LogP contribution is -2.54. The molecule has 0 radical (unpaired) electrons. The van der Waals surface area contributed by atoms with Crippen LogP contribution in [0.2, 0.25) is 0 Å². The fraction of sp³-hybridized carbons (Fsp3) is 0.429. The lowest BCUT2D eigenvalue weighted by Gasteiger charge is -2.45. The SMILES string of the molecule is NC1=N[C@](CF)(c2cc(CC(=O)c3cnc(C(F)(F)F)cn3)ccc2F)[C@H]2COCC[C@H]2O1. The molecule has 0 bridgehead atoms. The normalized spacial score (nSPS) is 25.1. The molecule has 0 spiro atoms. The van der Waals surface area contributed by atoms with Gasteiger partial charge in [0.05, 0.1) is 31.5 Å². The summed E-state index contributed by atoms with van der Waals surface area (Å²) in [5.41, 5.74) is 2.73. The summed E-state index contributed by atoms with van der Waals surface area (Å²) in [5, 5.41) is 0. The first kappa shape index (κ1) is 23.0. The lowest BCUT2D eigenvalue weighted by molar-refractivity contribution is -0.141. The van der Waals surface area contributed by atoms with Crippen LogP contribution in [-0.2, 0) is 27.6 Å². The van der Waals surface area contributed by atoms with Gasteiger partial charge in [-0.25, -0.2) is 23.7 Å². The van der Waals surface area contributed by atoms with Gasteiger partial charge in [0.2, 0.25) is 0 Å². The monoisotopic (exact) mass is 470 g/mol. The minimum atomic E-state index is -4.69. The fourth-order valence-corrected chi connectivity index (χ4v) is 4.14. The Morgan fingerprint density at radius 1 is 1.24 bits per heavy atom. The van der Waals surface area contributed by atoms with Gasteiger partial charge in [0.15, 0.2) is 11.5 Å². The van der Waals surface area contributed by atoms with Gasteiger partial charge >= 0.3 is 6.18 Å². The summed E-state index contributed by atoms with van der Waals surface area (Å²) in [4.78, 5) is 23.4. The van der Waals surface area contributed by atoms with Crippen LogP contribution in [-0.4, -0.2) is 47.8 Å². The van der Waals surface area contributed by atoms with E-state index in [2.05, 4.69) is 15.0 Å². The summed E-state index contributed by atoms with van der Waals surface area (Å²) in [6.07, 6.45) is -3.91. The van der Waals surface area contributed by atoms with Crippen molar-refractivity contribution < 1.29 is 36.2 Å². The van der Waals surface area contributed by atoms with E-state index in [-0.39, 0.29) is 30.3 Å². The van der Waals surface area contributed by atoms with Crippen LogP contribution in [0.3, 0.4) is 0 Å². The Morgan fingerprint density at radius 3 is 2.70 bits per heavy atom. The highest BCUT2D eigenvalue weighted by atomic mass is 19.4. The number of fused-ring (bicyclic) bond motifs is 1. The van der Waals surface area contributed by atoms with E-state index in [0.717, 1.165) is 12.3 Å². The zero-order valence-corrected chi connectivity index (χ0v) is 17.1. The van der Waals surface area contributed by atoms with E-state index in [9.17, 15) is 26.7 Å². The van der Waals surface area contributed by atoms with Crippen LogP contribution in [0.1, 0.15) is 33.7 Å². The summed E-state index contributed by atoms with van der Waals surface area (Å²) in [6.45, 7) is -0.628. The molecule has 33 heavy (non-hydrogen) atoms. The number of nitrogens with zero attached hydrogens (tertiary/aromatic N) is 3. The number of rotatable bonds is 5. The van der Waals surface area contributed by atoms with Crippen molar-refractivity contribution >= 4 is 11.8 Å². The number of benzene rings is 1. The number of carbonyl (C=O) groups excluding carboxylic acids is 1. The van der Waals surface area contributed by atoms with Crippen LogP contribution in [0.25, 0.3) is 0 Å². The molecule has 176 valence electrons. The Balaban J connectivity index is 1.65. The predicted molar refractivity (Wildman–Crippen MR) is 105 cm³/mol. The molecule has 12 heteroatoms. The van der Waals surface area contributed by atoms with Crippen molar-refractivity contribution in [1.82, 2.24) is 9.97 Å². The second kappa shape index (κ2) is 8.65. The van der Waals surface area contributed by atoms with Crippen molar-refractivity contribution in [3.8, 4) is 0 Å². The minimum Gasteiger partial charge on any atom is -0.462 e. The van der Waals surface area contributed by atoms with Gasteiger partial charge in [0.1, 0.15) is 29.8 Å². The predicted octanol–water partition coefficient (Wildman–Crippen LogP) is 2.97. The van der Waals surface area contributed by atoms with Crippen LogP contribution in [0, 0.1) is 11.7 Å². The van der Waals surface area contributed by atoms with Gasteiger partial charge in [-0.15, -0.1) is 0 Å². The Morgan fingerprint density at radius 2 is 2.03 bits per heavy atom. The van der Waals surface area contributed by atoms with Crippen molar-refractivity contribution in [2.24, 2.45) is 16.6 Å². The zero-order valence-electron chi connectivity index (χ0n) is 17.1. The van der Waals surface area contributed by atoms with Crippen molar-refractivity contribution in [3.63, 3.8) is 0 Å². The van der Waals surface area contributed by atoms with Gasteiger partial charge in [-0.1, -0.05) is 6.07 Å². The first-order valence-corrected chi connectivity index (χ1v) is 10.0. The van der Waals surface area contributed by atoms with E-state index in [1.54, 1.807) is 0 Å². The van der Waals surface area contributed by atoms with Crippen LogP contribution in [0.5, 0.6) is 0 Å². The van der Waals surface area contributed by atoms with Gasteiger partial charge in [-0.3, -0.25) is 4.79 Å². The van der Waals surface area contributed by atoms with Crippen molar-refractivity contribution in [3.05, 3.63) is 58.9 Å².